The molecule has 0 atom stereocenters. The van der Waals surface area contributed by atoms with Gasteiger partial charge in [0.15, 0.2) is 0 Å². The number of fused-ring (bicyclic) bond motifs is 1. The molecule has 1 saturated heterocycles. The van der Waals surface area contributed by atoms with Gasteiger partial charge in [0.1, 0.15) is 5.69 Å². The van der Waals surface area contributed by atoms with Gasteiger partial charge in [-0.3, -0.25) is 9.59 Å². The van der Waals surface area contributed by atoms with Gasteiger partial charge in [0.05, 0.1) is 29.5 Å². The monoisotopic (exact) mass is 439 g/mol. The average Bonchev–Trinajstić information content (AvgIpc) is 3.42. The van der Waals surface area contributed by atoms with Crippen LogP contribution in [0.1, 0.15) is 16.8 Å². The molecule has 0 bridgehead atoms. The van der Waals surface area contributed by atoms with Crippen LogP contribution in [0.3, 0.4) is 0 Å². The molecule has 0 spiro atoms. The second-order valence-corrected chi connectivity index (χ2v) is 7.63. The topological polar surface area (TPSA) is 73.0 Å². The molecule has 5 rings (SSSR count). The van der Waals surface area contributed by atoms with Crippen molar-refractivity contribution in [1.82, 2.24) is 24.7 Å². The van der Waals surface area contributed by atoms with Gasteiger partial charge in [-0.1, -0.05) is 27.9 Å². The van der Waals surface area contributed by atoms with Crippen LogP contribution in [0.25, 0.3) is 27.8 Å². The molecule has 0 N–H and O–H groups in total. The number of hydrogen-bond donors (Lipinski definition) is 0. The van der Waals surface area contributed by atoms with Crippen LogP contribution in [0.4, 0.5) is 13.3 Å². The summed E-state index contributed by atoms with van der Waals surface area (Å²) in [6.07, 6.45) is 1.14. The summed E-state index contributed by atoms with van der Waals surface area (Å²) in [6, 6.07) is 14.3. The van der Waals surface area contributed by atoms with Crippen molar-refractivity contribution >= 4 is 16.8 Å². The Morgan fingerprint density at radius 2 is 1.81 bits per heavy atom. The van der Waals surface area contributed by atoms with Crippen molar-refractivity contribution in [3.05, 3.63) is 76.7 Å². The zero-order valence-corrected chi connectivity index (χ0v) is 16.6. The number of carbonyl (C=O) groups excluding carboxylic acids is 1. The molecule has 3 heterocycles. The zero-order valence-electron chi connectivity index (χ0n) is 16.6. The highest BCUT2D eigenvalue weighted by Crippen LogP contribution is 2.28. The molecule has 1 aliphatic heterocycles. The van der Waals surface area contributed by atoms with E-state index in [-0.39, 0.29) is 40.1 Å². The van der Waals surface area contributed by atoms with Crippen molar-refractivity contribution in [1.29, 1.82) is 0 Å². The summed E-state index contributed by atoms with van der Waals surface area (Å²) in [5, 5.41) is 8.51. The molecule has 162 valence electrons. The van der Waals surface area contributed by atoms with Crippen LogP contribution in [0.5, 0.6) is 0 Å². The molecular formula is C22H16F3N5O2. The predicted molar refractivity (Wildman–Crippen MR) is 111 cm³/mol. The molecule has 1 aliphatic rings. The van der Waals surface area contributed by atoms with E-state index >= 15 is 0 Å². The maximum atomic E-state index is 14.4. The second-order valence-electron chi connectivity index (χ2n) is 7.63. The minimum atomic E-state index is -2.85. The third-order valence-electron chi connectivity index (χ3n) is 5.46. The third-order valence-corrected chi connectivity index (χ3v) is 5.46. The molecule has 4 aromatic rings. The van der Waals surface area contributed by atoms with E-state index < -0.39 is 23.9 Å². The van der Waals surface area contributed by atoms with Gasteiger partial charge in [-0.15, -0.1) is 9.89 Å². The van der Waals surface area contributed by atoms with E-state index in [1.165, 1.54) is 29.1 Å². The fourth-order valence-electron chi connectivity index (χ4n) is 3.77. The first-order chi connectivity index (χ1) is 15.3. The van der Waals surface area contributed by atoms with Crippen molar-refractivity contribution in [3.8, 4) is 16.9 Å². The number of benzene rings is 2. The third kappa shape index (κ3) is 3.43. The lowest BCUT2D eigenvalue weighted by atomic mass is 10.1. The van der Waals surface area contributed by atoms with Crippen LogP contribution >= 0.6 is 0 Å². The molecule has 0 unspecified atom stereocenters. The largest absolute Gasteiger partial charge is 0.332 e. The van der Waals surface area contributed by atoms with E-state index in [0.29, 0.717) is 11.1 Å². The van der Waals surface area contributed by atoms with Crippen LogP contribution in [-0.2, 0) is 0 Å². The van der Waals surface area contributed by atoms with E-state index in [2.05, 4.69) is 10.3 Å². The number of rotatable bonds is 3. The van der Waals surface area contributed by atoms with Crippen LogP contribution in [0, 0.1) is 0 Å². The fraction of sp³-hybridized carbons (Fsp3) is 0.182. The molecular weight excluding hydrogens is 423 g/mol. The van der Waals surface area contributed by atoms with Gasteiger partial charge in [0, 0.05) is 23.9 Å². The molecule has 2 aromatic carbocycles. The van der Waals surface area contributed by atoms with E-state index in [1.807, 2.05) is 0 Å². The van der Waals surface area contributed by atoms with E-state index in [9.17, 15) is 22.9 Å². The van der Waals surface area contributed by atoms with E-state index in [0.717, 1.165) is 4.90 Å². The second kappa shape index (κ2) is 7.33. The van der Waals surface area contributed by atoms with Gasteiger partial charge in [-0.2, -0.15) is 0 Å². The first-order valence-corrected chi connectivity index (χ1v) is 9.84. The van der Waals surface area contributed by atoms with Crippen LogP contribution in [0.15, 0.2) is 65.6 Å². The first kappa shape index (κ1) is 20.0. The normalized spacial score (nSPS) is 15.4. The highest BCUT2D eigenvalue weighted by atomic mass is 19.3. The number of alkyl halides is 2. The molecule has 0 radical (unpaired) electrons. The summed E-state index contributed by atoms with van der Waals surface area (Å²) in [6.45, 7) is -0.574. The van der Waals surface area contributed by atoms with Crippen LogP contribution in [0.2, 0.25) is 0 Å². The van der Waals surface area contributed by atoms with Crippen molar-refractivity contribution in [2.45, 2.75) is 12.3 Å². The van der Waals surface area contributed by atoms with Crippen LogP contribution in [-0.4, -0.2) is 49.6 Å². The quantitative estimate of drug-likeness (QED) is 0.490. The molecule has 7 nitrogen and oxygen atoms in total. The Balaban J connectivity index is 1.42. The number of amides is 1. The Morgan fingerprint density at radius 1 is 1.06 bits per heavy atom. The number of hydrogen-bond acceptors (Lipinski definition) is 4. The van der Waals surface area contributed by atoms with Crippen molar-refractivity contribution in [2.75, 3.05) is 13.1 Å². The molecule has 1 amide bonds. The first-order valence-electron chi connectivity index (χ1n) is 9.84. The minimum absolute atomic E-state index is 0.0118. The number of nitrogens with zero attached hydrogens (tertiary/aromatic N) is 5. The van der Waals surface area contributed by atoms with Crippen LogP contribution < -0.4 is 5.56 Å². The maximum absolute atomic E-state index is 14.4. The average molecular weight is 439 g/mol. The fourth-order valence-corrected chi connectivity index (χ4v) is 3.77. The molecule has 2 aromatic heterocycles. The van der Waals surface area contributed by atoms with Gasteiger partial charge >= 0.3 is 0 Å². The van der Waals surface area contributed by atoms with Gasteiger partial charge in [-0.05, 0) is 36.4 Å². The van der Waals surface area contributed by atoms with Gasteiger partial charge in [0.2, 0.25) is 0 Å². The Labute approximate surface area is 179 Å². The Kier molecular flexibility index (Phi) is 4.58. The molecule has 32 heavy (non-hydrogen) atoms. The summed E-state index contributed by atoms with van der Waals surface area (Å²) in [5.41, 5.74) is 0.365. The SMILES string of the molecule is O=C(c1ccc(-n2cc(-c3cc4ccccc4n(F)c3=O)nn2)cc1)N1CCC(F)(F)C1. The summed E-state index contributed by atoms with van der Waals surface area (Å²) >= 11 is 0. The molecule has 0 aliphatic carbocycles. The summed E-state index contributed by atoms with van der Waals surface area (Å²) in [5.74, 6) is -3.32. The number of para-hydroxylation sites is 1. The van der Waals surface area contributed by atoms with Gasteiger partial charge in [-0.25, -0.2) is 13.5 Å². The minimum Gasteiger partial charge on any atom is -0.332 e. The number of likely N-dealkylation sites (tertiary alicyclic amines) is 1. The number of carbonyl (C=O) groups is 1. The van der Waals surface area contributed by atoms with E-state index in [4.69, 9.17) is 0 Å². The molecule has 1 fully saturated rings. The lowest BCUT2D eigenvalue weighted by molar-refractivity contribution is 0.0120. The summed E-state index contributed by atoms with van der Waals surface area (Å²) < 4.78 is 42.6. The number of aromatic nitrogens is 4. The molecule has 10 heteroatoms. The van der Waals surface area contributed by atoms with Crippen molar-refractivity contribution in [2.24, 2.45) is 0 Å². The summed E-state index contributed by atoms with van der Waals surface area (Å²) in [7, 11) is 0. The highest BCUT2D eigenvalue weighted by Gasteiger charge is 2.40. The maximum Gasteiger partial charge on any atom is 0.288 e. The number of halogens is 3. The van der Waals surface area contributed by atoms with Crippen molar-refractivity contribution in [3.63, 3.8) is 0 Å². The van der Waals surface area contributed by atoms with Gasteiger partial charge < -0.3 is 4.90 Å². The highest BCUT2D eigenvalue weighted by molar-refractivity contribution is 5.94. The summed E-state index contributed by atoms with van der Waals surface area (Å²) in [4.78, 5) is 26.1. The Hall–Kier alpha value is -3.95. The van der Waals surface area contributed by atoms with E-state index in [1.54, 1.807) is 36.4 Å². The number of pyridine rings is 1. The lowest BCUT2D eigenvalue weighted by Gasteiger charge is -2.16. The lowest BCUT2D eigenvalue weighted by Crippen LogP contribution is -2.31. The smallest absolute Gasteiger partial charge is 0.288 e. The Morgan fingerprint density at radius 3 is 2.53 bits per heavy atom. The van der Waals surface area contributed by atoms with Gasteiger partial charge in [0.25, 0.3) is 17.4 Å². The predicted octanol–water partition coefficient (Wildman–Crippen LogP) is 3.46. The molecule has 0 saturated carbocycles. The van der Waals surface area contributed by atoms with Crippen molar-refractivity contribution < 1.29 is 18.1 Å². The zero-order chi connectivity index (χ0) is 22.5. The standard InChI is InChI=1S/C22H16F3N5O2/c23-22(24)9-10-28(13-22)20(31)14-5-7-16(8-6-14)29-12-18(26-27-29)17-11-15-3-1-2-4-19(15)30(25)21(17)32/h1-8,11-12H,9-10,13H2. The Bertz CT molecular complexity index is 1390.